The van der Waals surface area contributed by atoms with Crippen LogP contribution in [0.5, 0.6) is 0 Å². The molecule has 2 heterocycles. The number of nitrogens with zero attached hydrogens (tertiary/aromatic N) is 2. The molecule has 13 nitrogen and oxygen atoms in total. The molecule has 0 radical (unpaired) electrons. The van der Waals surface area contributed by atoms with Gasteiger partial charge in [-0.05, 0) is 16.7 Å². The van der Waals surface area contributed by atoms with Crippen molar-refractivity contribution in [2.75, 3.05) is 11.9 Å². The number of ether oxygens (including phenoxy) is 3. The molecule has 5 N–H and O–H groups in total. The lowest BCUT2D eigenvalue weighted by molar-refractivity contribution is -0.0518. The van der Waals surface area contributed by atoms with E-state index in [-0.39, 0.29) is 18.2 Å². The zero-order chi connectivity index (χ0) is 31.1. The molecule has 0 unspecified atom stereocenters. The summed E-state index contributed by atoms with van der Waals surface area (Å²) in [7, 11) is 0. The van der Waals surface area contributed by atoms with E-state index in [1.807, 2.05) is 17.4 Å². The predicted octanol–water partition coefficient (Wildman–Crippen LogP) is 2.90. The number of amides is 3. The van der Waals surface area contributed by atoms with Gasteiger partial charge in [-0.3, -0.25) is 9.88 Å². The van der Waals surface area contributed by atoms with Gasteiger partial charge in [0.1, 0.15) is 24.9 Å². The molecule has 1 aromatic heterocycles. The highest BCUT2D eigenvalue weighted by molar-refractivity contribution is 5.98. The fourth-order valence-corrected chi connectivity index (χ4v) is 4.62. The number of hydrogen-bond donors (Lipinski definition) is 5. The van der Waals surface area contributed by atoms with Crippen molar-refractivity contribution in [2.45, 2.75) is 37.3 Å². The Hall–Kier alpha value is -5.08. The van der Waals surface area contributed by atoms with Gasteiger partial charge in [-0.1, -0.05) is 91.0 Å². The first-order valence-corrected chi connectivity index (χ1v) is 13.6. The van der Waals surface area contributed by atoms with Gasteiger partial charge in [0.2, 0.25) is 5.95 Å². The summed E-state index contributed by atoms with van der Waals surface area (Å²) >= 11 is 0. The standard InChI is InChI=1S/C31H30N4O9/c36-17-23-24(37)25(38)27(43-23)35-16-22(28(39)44-26(20-12-6-2-7-13-20)21-14-8-3-9-15-21)32-29(35)33-30(40)34-31(41)42-18-19-10-4-1-5-11-19/h1-16,23-27,36-38H,17-18H2,(H2,32,33,34,40,41)/t23-,24-,25-,27-/m1/s1. The highest BCUT2D eigenvalue weighted by Crippen LogP contribution is 2.33. The molecule has 1 aliphatic heterocycles. The van der Waals surface area contributed by atoms with E-state index in [4.69, 9.17) is 14.2 Å². The highest BCUT2D eigenvalue weighted by atomic mass is 16.6. The van der Waals surface area contributed by atoms with Gasteiger partial charge in [0.15, 0.2) is 18.0 Å². The van der Waals surface area contributed by atoms with Gasteiger partial charge >= 0.3 is 18.1 Å². The van der Waals surface area contributed by atoms with Crippen molar-refractivity contribution in [2.24, 2.45) is 0 Å². The van der Waals surface area contributed by atoms with E-state index in [0.29, 0.717) is 16.7 Å². The third-order valence-electron chi connectivity index (χ3n) is 6.82. The Balaban J connectivity index is 1.37. The van der Waals surface area contributed by atoms with E-state index in [9.17, 15) is 29.7 Å². The molecule has 1 fully saturated rings. The Labute approximate surface area is 251 Å². The Morgan fingerprint density at radius 2 is 1.48 bits per heavy atom. The van der Waals surface area contributed by atoms with Gasteiger partial charge < -0.3 is 29.5 Å². The van der Waals surface area contributed by atoms with Crippen LogP contribution in [0.25, 0.3) is 0 Å². The van der Waals surface area contributed by atoms with Crippen molar-refractivity contribution in [3.8, 4) is 0 Å². The highest BCUT2D eigenvalue weighted by Gasteiger charge is 2.44. The average molecular weight is 603 g/mol. The number of aliphatic hydroxyl groups is 3. The molecule has 44 heavy (non-hydrogen) atoms. The molecule has 0 aliphatic carbocycles. The molecule has 0 spiro atoms. The van der Waals surface area contributed by atoms with Gasteiger partial charge in [-0.15, -0.1) is 0 Å². The third-order valence-corrected chi connectivity index (χ3v) is 6.82. The van der Waals surface area contributed by atoms with Gasteiger partial charge in [0.05, 0.1) is 6.61 Å². The van der Waals surface area contributed by atoms with Crippen LogP contribution in [0, 0.1) is 0 Å². The molecule has 5 rings (SSSR count). The lowest BCUT2D eigenvalue weighted by atomic mass is 10.0. The first-order valence-electron chi connectivity index (χ1n) is 13.6. The second-order valence-corrected chi connectivity index (χ2v) is 9.83. The average Bonchev–Trinajstić information content (AvgIpc) is 3.59. The Morgan fingerprint density at radius 1 is 0.886 bits per heavy atom. The lowest BCUT2D eigenvalue weighted by Crippen LogP contribution is -2.36. The van der Waals surface area contributed by atoms with Crippen LogP contribution in [0.3, 0.4) is 0 Å². The number of carbonyl (C=O) groups excluding carboxylic acids is 3. The lowest BCUT2D eigenvalue weighted by Gasteiger charge is -2.19. The monoisotopic (exact) mass is 602 g/mol. The second kappa shape index (κ2) is 13.9. The summed E-state index contributed by atoms with van der Waals surface area (Å²) in [6.45, 7) is -0.693. The second-order valence-electron chi connectivity index (χ2n) is 9.83. The quantitative estimate of drug-likeness (QED) is 0.179. The normalized spacial score (nSPS) is 19.4. The summed E-state index contributed by atoms with van der Waals surface area (Å²) in [6.07, 6.45) is -6.24. The fourth-order valence-electron chi connectivity index (χ4n) is 4.62. The van der Waals surface area contributed by atoms with E-state index in [2.05, 4.69) is 10.3 Å². The van der Waals surface area contributed by atoms with Gasteiger partial charge in [0.25, 0.3) is 0 Å². The number of benzene rings is 3. The van der Waals surface area contributed by atoms with Gasteiger partial charge in [0, 0.05) is 6.20 Å². The van der Waals surface area contributed by atoms with Crippen LogP contribution in [-0.4, -0.2) is 67.9 Å². The minimum atomic E-state index is -1.56. The van der Waals surface area contributed by atoms with Crippen LogP contribution < -0.4 is 10.6 Å². The molecule has 13 heteroatoms. The number of rotatable bonds is 9. The first-order chi connectivity index (χ1) is 21.3. The summed E-state index contributed by atoms with van der Waals surface area (Å²) < 4.78 is 17.6. The van der Waals surface area contributed by atoms with Crippen molar-refractivity contribution in [3.63, 3.8) is 0 Å². The molecule has 3 amide bonds. The number of aliphatic hydroxyl groups excluding tert-OH is 3. The molecule has 0 saturated carbocycles. The number of anilines is 1. The molecule has 4 atom stereocenters. The fraction of sp³-hybridized carbons (Fsp3) is 0.226. The minimum Gasteiger partial charge on any atom is -0.448 e. The van der Waals surface area contributed by atoms with Crippen LogP contribution in [-0.2, 0) is 20.8 Å². The summed E-state index contributed by atoms with van der Waals surface area (Å²) in [4.78, 5) is 42.5. The molecule has 1 aliphatic rings. The van der Waals surface area contributed by atoms with Crippen molar-refractivity contribution < 1.29 is 43.9 Å². The molecular weight excluding hydrogens is 572 g/mol. The number of imidazole rings is 1. The van der Waals surface area contributed by atoms with Crippen molar-refractivity contribution in [1.82, 2.24) is 14.9 Å². The SMILES string of the molecule is O=C(NC(=O)OCc1ccccc1)Nc1nc(C(=O)OC(c2ccccc2)c2ccccc2)cn1[C@@H]1O[C@H](CO)[C@@H](O)[C@H]1O. The van der Waals surface area contributed by atoms with E-state index in [0.717, 1.165) is 4.57 Å². The minimum absolute atomic E-state index is 0.0862. The van der Waals surface area contributed by atoms with Gasteiger partial charge in [-0.2, -0.15) is 0 Å². The number of aromatic nitrogens is 2. The first kappa shape index (κ1) is 30.4. The number of nitrogens with one attached hydrogen (secondary N) is 2. The van der Waals surface area contributed by atoms with Gasteiger partial charge in [-0.25, -0.2) is 24.7 Å². The Morgan fingerprint density at radius 3 is 2.05 bits per heavy atom. The number of urea groups is 1. The van der Waals surface area contributed by atoms with E-state index >= 15 is 0 Å². The van der Waals surface area contributed by atoms with Crippen LogP contribution in [0.4, 0.5) is 15.5 Å². The van der Waals surface area contributed by atoms with Crippen molar-refractivity contribution >= 4 is 24.0 Å². The largest absolute Gasteiger partial charge is 0.448 e. The topological polar surface area (TPSA) is 181 Å². The molecule has 3 aromatic carbocycles. The van der Waals surface area contributed by atoms with E-state index in [1.165, 1.54) is 6.20 Å². The smallest absolute Gasteiger partial charge is 0.415 e. The number of alkyl carbamates (subject to hydrolysis) is 1. The number of hydrogen-bond acceptors (Lipinski definition) is 10. The summed E-state index contributed by atoms with van der Waals surface area (Å²) in [5, 5.41) is 34.8. The molecule has 0 bridgehead atoms. The molecule has 4 aromatic rings. The van der Waals surface area contributed by atoms with Crippen molar-refractivity contribution in [1.29, 1.82) is 0 Å². The Bertz CT molecular complexity index is 1530. The third kappa shape index (κ3) is 7.10. The van der Waals surface area contributed by atoms with E-state index in [1.54, 1.807) is 78.9 Å². The van der Waals surface area contributed by atoms with Crippen LogP contribution >= 0.6 is 0 Å². The molecular formula is C31H30N4O9. The summed E-state index contributed by atoms with van der Waals surface area (Å²) in [5.74, 6) is -1.20. The maximum atomic E-state index is 13.4. The zero-order valence-corrected chi connectivity index (χ0v) is 23.2. The number of esters is 1. The van der Waals surface area contributed by atoms with Crippen LogP contribution in [0.2, 0.25) is 0 Å². The molecule has 1 saturated heterocycles. The zero-order valence-electron chi connectivity index (χ0n) is 23.2. The number of imide groups is 1. The summed E-state index contributed by atoms with van der Waals surface area (Å²) in [5.41, 5.74) is 1.82. The molecule has 228 valence electrons. The summed E-state index contributed by atoms with van der Waals surface area (Å²) in [6, 6.07) is 25.9. The van der Waals surface area contributed by atoms with Crippen LogP contribution in [0.1, 0.15) is 39.5 Å². The number of carbonyl (C=O) groups is 3. The van der Waals surface area contributed by atoms with Crippen molar-refractivity contribution in [3.05, 3.63) is 120 Å². The maximum absolute atomic E-state index is 13.4. The van der Waals surface area contributed by atoms with Crippen LogP contribution in [0.15, 0.2) is 97.2 Å². The predicted molar refractivity (Wildman–Crippen MR) is 154 cm³/mol. The maximum Gasteiger partial charge on any atom is 0.415 e. The Kier molecular flexibility index (Phi) is 9.62. The van der Waals surface area contributed by atoms with E-state index < -0.39 is 55.3 Å².